The van der Waals surface area contributed by atoms with Crippen LogP contribution in [-0.2, 0) is 7.05 Å². The van der Waals surface area contributed by atoms with E-state index in [1.165, 1.54) is 6.33 Å². The van der Waals surface area contributed by atoms with Crippen LogP contribution in [0.1, 0.15) is 18.7 Å². The molecule has 0 spiro atoms. The minimum atomic E-state index is 0.186. The van der Waals surface area contributed by atoms with Crippen molar-refractivity contribution < 1.29 is 9.47 Å². The van der Waals surface area contributed by atoms with Crippen molar-refractivity contribution in [2.45, 2.75) is 12.8 Å². The number of aryl methyl sites for hydroxylation is 1. The minimum absolute atomic E-state index is 0.186. The van der Waals surface area contributed by atoms with Gasteiger partial charge >= 0.3 is 0 Å². The van der Waals surface area contributed by atoms with Gasteiger partial charge in [0.2, 0.25) is 0 Å². The number of hydrogen-bond donors (Lipinski definition) is 2. The van der Waals surface area contributed by atoms with Gasteiger partial charge in [-0.05, 0) is 12.1 Å². The summed E-state index contributed by atoms with van der Waals surface area (Å²) in [6.45, 7) is 2.76. The number of benzene rings is 1. The van der Waals surface area contributed by atoms with Gasteiger partial charge in [-0.2, -0.15) is 0 Å². The molecular formula is C18H23N7O2. The summed E-state index contributed by atoms with van der Waals surface area (Å²) in [5, 5.41) is 14.6. The average Bonchev–Trinajstić information content (AvgIpc) is 3.12. The number of aromatic nitrogens is 5. The normalized spacial score (nSPS) is 11.7. The van der Waals surface area contributed by atoms with Crippen LogP contribution in [0.5, 0.6) is 11.5 Å². The highest BCUT2D eigenvalue weighted by Crippen LogP contribution is 2.31. The molecule has 0 amide bonds. The molecule has 0 saturated heterocycles. The Morgan fingerprint density at radius 3 is 2.63 bits per heavy atom. The van der Waals surface area contributed by atoms with Gasteiger partial charge in [-0.15, -0.1) is 10.2 Å². The summed E-state index contributed by atoms with van der Waals surface area (Å²) in [5.41, 5.74) is 0.787. The van der Waals surface area contributed by atoms with E-state index in [1.54, 1.807) is 20.5 Å². The second-order valence-corrected chi connectivity index (χ2v) is 6.06. The summed E-state index contributed by atoms with van der Waals surface area (Å²) >= 11 is 0. The van der Waals surface area contributed by atoms with Crippen LogP contribution in [0.3, 0.4) is 0 Å². The lowest BCUT2D eigenvalue weighted by Crippen LogP contribution is -2.14. The zero-order chi connectivity index (χ0) is 19.2. The molecule has 0 aliphatic heterocycles. The molecule has 27 heavy (non-hydrogen) atoms. The molecule has 1 unspecified atom stereocenters. The highest BCUT2D eigenvalue weighted by atomic mass is 16.5. The maximum Gasteiger partial charge on any atom is 0.146 e. The molecule has 0 fully saturated rings. The van der Waals surface area contributed by atoms with Crippen LogP contribution in [0.15, 0.2) is 36.9 Å². The lowest BCUT2D eigenvalue weighted by Gasteiger charge is -2.14. The first kappa shape index (κ1) is 18.4. The Kier molecular flexibility index (Phi) is 5.70. The van der Waals surface area contributed by atoms with Crippen molar-refractivity contribution in [3.8, 4) is 11.5 Å². The Morgan fingerprint density at radius 1 is 1.11 bits per heavy atom. The Bertz CT molecular complexity index is 897. The second kappa shape index (κ2) is 8.35. The maximum absolute atomic E-state index is 5.41. The first-order chi connectivity index (χ1) is 13.1. The fraction of sp³-hybridized carbons (Fsp3) is 0.333. The zero-order valence-electron chi connectivity index (χ0n) is 15.8. The fourth-order valence-electron chi connectivity index (χ4n) is 2.65. The van der Waals surface area contributed by atoms with Gasteiger partial charge in [0, 0.05) is 31.6 Å². The Hall–Kier alpha value is -3.36. The van der Waals surface area contributed by atoms with E-state index in [0.29, 0.717) is 23.9 Å². The van der Waals surface area contributed by atoms with Crippen molar-refractivity contribution in [3.63, 3.8) is 0 Å². The van der Waals surface area contributed by atoms with Crippen LogP contribution in [0.25, 0.3) is 0 Å². The molecule has 2 aromatic heterocycles. The Balaban J connectivity index is 1.68. The number of methoxy groups -OCH3 is 2. The van der Waals surface area contributed by atoms with Gasteiger partial charge in [-0.1, -0.05) is 6.92 Å². The minimum Gasteiger partial charge on any atom is -0.497 e. The molecule has 2 heterocycles. The molecule has 0 radical (unpaired) electrons. The van der Waals surface area contributed by atoms with Gasteiger partial charge in [0.1, 0.15) is 41.6 Å². The number of rotatable bonds is 8. The lowest BCUT2D eigenvalue weighted by atomic mass is 10.1. The van der Waals surface area contributed by atoms with Crippen molar-refractivity contribution in [3.05, 3.63) is 42.7 Å². The first-order valence-corrected chi connectivity index (χ1v) is 8.49. The zero-order valence-corrected chi connectivity index (χ0v) is 15.8. The van der Waals surface area contributed by atoms with Gasteiger partial charge in [-0.25, -0.2) is 9.97 Å². The third kappa shape index (κ3) is 4.43. The number of hydrogen-bond acceptors (Lipinski definition) is 8. The SMILES string of the molecule is COc1ccc(Nc2cc(NCC(C)c3nncn3C)ncn2)c(OC)c1. The van der Waals surface area contributed by atoms with Gasteiger partial charge in [0.05, 0.1) is 19.9 Å². The van der Waals surface area contributed by atoms with Crippen molar-refractivity contribution in [2.24, 2.45) is 7.05 Å². The first-order valence-electron chi connectivity index (χ1n) is 8.49. The van der Waals surface area contributed by atoms with E-state index < -0.39 is 0 Å². The highest BCUT2D eigenvalue weighted by Gasteiger charge is 2.12. The molecule has 9 heteroatoms. The Morgan fingerprint density at radius 2 is 1.93 bits per heavy atom. The van der Waals surface area contributed by atoms with E-state index in [-0.39, 0.29) is 5.92 Å². The standard InChI is InChI=1S/C18H23N7O2/c1-12(18-24-22-11-25(18)2)9-19-16-8-17(21-10-20-16)23-14-6-5-13(26-3)7-15(14)27-4/h5-8,10-12H,9H2,1-4H3,(H2,19,20,21,23). The largest absolute Gasteiger partial charge is 0.497 e. The van der Waals surface area contributed by atoms with Crippen LogP contribution in [0.4, 0.5) is 17.3 Å². The summed E-state index contributed by atoms with van der Waals surface area (Å²) in [6, 6.07) is 7.38. The maximum atomic E-state index is 5.41. The predicted octanol–water partition coefficient (Wildman–Crippen LogP) is 2.58. The van der Waals surface area contributed by atoms with Crippen molar-refractivity contribution >= 4 is 17.3 Å². The van der Waals surface area contributed by atoms with Crippen LogP contribution in [-0.4, -0.2) is 45.5 Å². The molecule has 0 aliphatic rings. The van der Waals surface area contributed by atoms with Crippen molar-refractivity contribution in [1.29, 1.82) is 0 Å². The summed E-state index contributed by atoms with van der Waals surface area (Å²) in [4.78, 5) is 8.54. The quantitative estimate of drug-likeness (QED) is 0.625. The number of nitrogens with one attached hydrogen (secondary N) is 2. The van der Waals surface area contributed by atoms with E-state index >= 15 is 0 Å². The van der Waals surface area contributed by atoms with Gasteiger partial charge in [0.25, 0.3) is 0 Å². The number of ether oxygens (including phenoxy) is 2. The third-order valence-corrected chi connectivity index (χ3v) is 4.12. The van der Waals surface area contributed by atoms with E-state index in [4.69, 9.17) is 9.47 Å². The molecule has 0 bridgehead atoms. The van der Waals surface area contributed by atoms with Crippen molar-refractivity contribution in [1.82, 2.24) is 24.7 Å². The smallest absolute Gasteiger partial charge is 0.146 e. The molecule has 2 N–H and O–H groups in total. The summed E-state index contributed by atoms with van der Waals surface area (Å²) in [7, 11) is 5.16. The monoisotopic (exact) mass is 369 g/mol. The average molecular weight is 369 g/mol. The van der Waals surface area contributed by atoms with Gasteiger partial charge in [0.15, 0.2) is 0 Å². The lowest BCUT2D eigenvalue weighted by molar-refractivity contribution is 0.395. The van der Waals surface area contributed by atoms with Gasteiger partial charge < -0.3 is 24.7 Å². The van der Waals surface area contributed by atoms with Crippen LogP contribution >= 0.6 is 0 Å². The molecule has 9 nitrogen and oxygen atoms in total. The van der Waals surface area contributed by atoms with E-state index in [0.717, 1.165) is 17.3 Å². The topological polar surface area (TPSA) is 99.0 Å². The molecular weight excluding hydrogens is 346 g/mol. The molecule has 3 aromatic rings. The van der Waals surface area contributed by atoms with Crippen LogP contribution in [0, 0.1) is 0 Å². The second-order valence-electron chi connectivity index (χ2n) is 6.06. The van der Waals surface area contributed by atoms with E-state index in [2.05, 4.69) is 37.7 Å². The molecule has 142 valence electrons. The van der Waals surface area contributed by atoms with Crippen molar-refractivity contribution in [2.75, 3.05) is 31.4 Å². The molecule has 0 saturated carbocycles. The summed E-state index contributed by atoms with van der Waals surface area (Å²) < 4.78 is 12.5. The molecule has 1 atom stereocenters. The van der Waals surface area contributed by atoms with E-state index in [1.807, 2.05) is 35.9 Å². The molecule has 0 aliphatic carbocycles. The van der Waals surface area contributed by atoms with Crippen LogP contribution in [0.2, 0.25) is 0 Å². The predicted molar refractivity (Wildman–Crippen MR) is 103 cm³/mol. The van der Waals surface area contributed by atoms with Crippen LogP contribution < -0.4 is 20.1 Å². The summed E-state index contributed by atoms with van der Waals surface area (Å²) in [5.74, 6) is 3.86. The molecule has 3 rings (SSSR count). The van der Waals surface area contributed by atoms with Gasteiger partial charge in [-0.3, -0.25) is 0 Å². The highest BCUT2D eigenvalue weighted by molar-refractivity contribution is 5.66. The Labute approximate surface area is 157 Å². The van der Waals surface area contributed by atoms with E-state index in [9.17, 15) is 0 Å². The number of nitrogens with zero attached hydrogens (tertiary/aromatic N) is 5. The number of anilines is 3. The molecule has 1 aromatic carbocycles. The fourth-order valence-corrected chi connectivity index (χ4v) is 2.65. The summed E-state index contributed by atoms with van der Waals surface area (Å²) in [6.07, 6.45) is 3.20. The third-order valence-electron chi connectivity index (χ3n) is 4.12.